The Bertz CT molecular complexity index is 300. The monoisotopic (exact) mass is 192 g/mol. The van der Waals surface area contributed by atoms with E-state index in [1.807, 2.05) is 12.1 Å². The van der Waals surface area contributed by atoms with Crippen LogP contribution in [0.1, 0.15) is 18.1 Å². The number of hydrogen-bond acceptors (Lipinski definition) is 3. The van der Waals surface area contributed by atoms with Gasteiger partial charge in [-0.05, 0) is 18.1 Å². The Morgan fingerprint density at radius 3 is 2.21 bits per heavy atom. The van der Waals surface area contributed by atoms with Gasteiger partial charge in [0.1, 0.15) is 0 Å². The van der Waals surface area contributed by atoms with Crippen molar-refractivity contribution in [2.75, 3.05) is 0 Å². The maximum absolute atomic E-state index is 9.39. The second-order valence-electron chi connectivity index (χ2n) is 3.90. The maximum atomic E-state index is 9.39. The molecule has 2 rings (SSSR count). The molecule has 14 heavy (non-hydrogen) atoms. The molecule has 1 aromatic rings. The van der Waals surface area contributed by atoms with Crippen LogP contribution in [-0.4, -0.2) is 22.3 Å². The Labute approximate surface area is 84.1 Å². The molecule has 0 aromatic heterocycles. The van der Waals surface area contributed by atoms with Crippen molar-refractivity contribution in [2.24, 2.45) is 5.73 Å². The first kappa shape index (κ1) is 9.65. The van der Waals surface area contributed by atoms with Gasteiger partial charge in [-0.1, -0.05) is 24.3 Å². The molecule has 3 N–H and O–H groups in total. The van der Waals surface area contributed by atoms with Gasteiger partial charge in [-0.3, -0.25) is 4.90 Å². The number of aliphatic hydroxyl groups excluding tert-OH is 1. The van der Waals surface area contributed by atoms with Crippen molar-refractivity contribution in [1.82, 2.24) is 4.90 Å². The molecule has 0 spiro atoms. The van der Waals surface area contributed by atoms with Gasteiger partial charge < -0.3 is 10.8 Å². The molecule has 76 valence electrons. The first-order valence-electron chi connectivity index (χ1n) is 4.93. The summed E-state index contributed by atoms with van der Waals surface area (Å²) in [6, 6.07) is 8.31. The molecule has 0 fully saturated rings. The van der Waals surface area contributed by atoms with Crippen LogP contribution in [-0.2, 0) is 13.1 Å². The lowest BCUT2D eigenvalue weighted by Crippen LogP contribution is -2.46. The van der Waals surface area contributed by atoms with Crippen LogP contribution >= 0.6 is 0 Å². The van der Waals surface area contributed by atoms with E-state index in [9.17, 15) is 5.11 Å². The predicted octanol–water partition coefficient (Wildman–Crippen LogP) is 0.668. The lowest BCUT2D eigenvalue weighted by molar-refractivity contribution is 0.0621. The molecule has 1 heterocycles. The molecular formula is C11H16N2O. The van der Waals surface area contributed by atoms with E-state index in [-0.39, 0.29) is 6.17 Å². The van der Waals surface area contributed by atoms with Crippen LogP contribution < -0.4 is 5.73 Å². The van der Waals surface area contributed by atoms with E-state index in [0.717, 1.165) is 13.1 Å². The molecule has 0 radical (unpaired) electrons. The van der Waals surface area contributed by atoms with Crippen molar-refractivity contribution in [2.45, 2.75) is 32.3 Å². The van der Waals surface area contributed by atoms with Crippen LogP contribution in [0.5, 0.6) is 0 Å². The molecule has 2 atom stereocenters. The zero-order valence-corrected chi connectivity index (χ0v) is 8.35. The van der Waals surface area contributed by atoms with Crippen molar-refractivity contribution < 1.29 is 5.11 Å². The fraction of sp³-hybridized carbons (Fsp3) is 0.455. The van der Waals surface area contributed by atoms with E-state index in [0.29, 0.717) is 0 Å². The van der Waals surface area contributed by atoms with Crippen LogP contribution in [0.15, 0.2) is 24.3 Å². The highest BCUT2D eigenvalue weighted by Crippen LogP contribution is 2.23. The Balaban J connectivity index is 2.12. The Morgan fingerprint density at radius 1 is 1.29 bits per heavy atom. The van der Waals surface area contributed by atoms with Crippen LogP contribution in [0, 0.1) is 0 Å². The number of fused-ring (bicyclic) bond motifs is 1. The van der Waals surface area contributed by atoms with Gasteiger partial charge in [0.15, 0.2) is 0 Å². The highest BCUT2D eigenvalue weighted by molar-refractivity contribution is 5.30. The number of benzene rings is 1. The molecule has 0 saturated heterocycles. The van der Waals surface area contributed by atoms with Gasteiger partial charge in [-0.15, -0.1) is 0 Å². The third-order valence-electron chi connectivity index (χ3n) is 2.78. The van der Waals surface area contributed by atoms with Gasteiger partial charge in [0.2, 0.25) is 0 Å². The zero-order chi connectivity index (χ0) is 10.1. The topological polar surface area (TPSA) is 49.5 Å². The highest BCUT2D eigenvalue weighted by atomic mass is 16.3. The summed E-state index contributed by atoms with van der Waals surface area (Å²) in [4.78, 5) is 2.09. The molecule has 3 nitrogen and oxygen atoms in total. The average Bonchev–Trinajstić information content (AvgIpc) is 2.59. The number of rotatable bonds is 2. The van der Waals surface area contributed by atoms with Gasteiger partial charge in [0, 0.05) is 13.1 Å². The number of hydrogen-bond donors (Lipinski definition) is 2. The second-order valence-corrected chi connectivity index (χ2v) is 3.90. The minimum Gasteiger partial charge on any atom is -0.390 e. The smallest absolute Gasteiger partial charge is 0.0842 e. The van der Waals surface area contributed by atoms with Crippen molar-refractivity contribution >= 4 is 0 Å². The summed E-state index contributed by atoms with van der Waals surface area (Å²) < 4.78 is 0. The third kappa shape index (κ3) is 1.66. The van der Waals surface area contributed by atoms with Crippen molar-refractivity contribution in [3.63, 3.8) is 0 Å². The highest BCUT2D eigenvalue weighted by Gasteiger charge is 2.25. The normalized spacial score (nSPS) is 20.5. The molecule has 2 unspecified atom stereocenters. The molecule has 1 aliphatic heterocycles. The quantitative estimate of drug-likeness (QED) is 0.724. The first-order valence-corrected chi connectivity index (χ1v) is 4.93. The maximum Gasteiger partial charge on any atom is 0.0842 e. The SMILES string of the molecule is CC(O)C(N)N1Cc2ccccc2C1. The van der Waals surface area contributed by atoms with E-state index in [4.69, 9.17) is 5.73 Å². The van der Waals surface area contributed by atoms with Gasteiger partial charge >= 0.3 is 0 Å². The van der Waals surface area contributed by atoms with Crippen molar-refractivity contribution in [3.05, 3.63) is 35.4 Å². The average molecular weight is 192 g/mol. The van der Waals surface area contributed by atoms with Gasteiger partial charge in [-0.2, -0.15) is 0 Å². The Kier molecular flexibility index (Phi) is 2.54. The van der Waals surface area contributed by atoms with Crippen LogP contribution in [0.25, 0.3) is 0 Å². The largest absolute Gasteiger partial charge is 0.390 e. The standard InChI is InChI=1S/C11H16N2O/c1-8(14)11(12)13-6-9-4-2-3-5-10(9)7-13/h2-5,8,11,14H,6-7,12H2,1H3. The van der Waals surface area contributed by atoms with Gasteiger partial charge in [-0.25, -0.2) is 0 Å². The number of nitrogens with two attached hydrogens (primary N) is 1. The van der Waals surface area contributed by atoms with E-state index in [1.54, 1.807) is 6.92 Å². The summed E-state index contributed by atoms with van der Waals surface area (Å²) in [6.45, 7) is 3.43. The molecule has 0 amide bonds. The van der Waals surface area contributed by atoms with E-state index < -0.39 is 6.10 Å². The molecule has 1 aliphatic rings. The predicted molar refractivity (Wildman–Crippen MR) is 55.3 cm³/mol. The number of nitrogens with zero attached hydrogens (tertiary/aromatic N) is 1. The van der Waals surface area contributed by atoms with Crippen LogP contribution in [0.3, 0.4) is 0 Å². The summed E-state index contributed by atoms with van der Waals surface area (Å²) in [6.07, 6.45) is -0.744. The summed E-state index contributed by atoms with van der Waals surface area (Å²) in [5, 5.41) is 9.39. The van der Waals surface area contributed by atoms with Gasteiger partial charge in [0.05, 0.1) is 12.3 Å². The lowest BCUT2D eigenvalue weighted by atomic mass is 10.1. The lowest BCUT2D eigenvalue weighted by Gasteiger charge is -2.25. The van der Waals surface area contributed by atoms with Crippen LogP contribution in [0.4, 0.5) is 0 Å². The fourth-order valence-corrected chi connectivity index (χ4v) is 1.88. The van der Waals surface area contributed by atoms with Crippen LogP contribution in [0.2, 0.25) is 0 Å². The summed E-state index contributed by atoms with van der Waals surface area (Å²) in [5.74, 6) is 0. The molecule has 1 aromatic carbocycles. The van der Waals surface area contributed by atoms with Crippen molar-refractivity contribution in [1.29, 1.82) is 0 Å². The van der Waals surface area contributed by atoms with E-state index in [2.05, 4.69) is 17.0 Å². The minimum atomic E-state index is -0.482. The molecule has 0 bridgehead atoms. The first-order chi connectivity index (χ1) is 6.68. The summed E-state index contributed by atoms with van der Waals surface area (Å²) in [5.41, 5.74) is 8.52. The fourth-order valence-electron chi connectivity index (χ4n) is 1.88. The second kappa shape index (κ2) is 3.69. The molecule has 0 aliphatic carbocycles. The zero-order valence-electron chi connectivity index (χ0n) is 8.35. The minimum absolute atomic E-state index is 0.262. The summed E-state index contributed by atoms with van der Waals surface area (Å²) >= 11 is 0. The van der Waals surface area contributed by atoms with E-state index >= 15 is 0 Å². The third-order valence-corrected chi connectivity index (χ3v) is 2.78. The van der Waals surface area contributed by atoms with E-state index in [1.165, 1.54) is 11.1 Å². The van der Waals surface area contributed by atoms with Gasteiger partial charge in [0.25, 0.3) is 0 Å². The summed E-state index contributed by atoms with van der Waals surface area (Å²) in [7, 11) is 0. The number of aliphatic hydroxyl groups is 1. The molecule has 3 heteroatoms. The molecular weight excluding hydrogens is 176 g/mol. The molecule has 0 saturated carbocycles. The Hall–Kier alpha value is -0.900. The Morgan fingerprint density at radius 2 is 1.79 bits per heavy atom. The van der Waals surface area contributed by atoms with Crippen molar-refractivity contribution in [3.8, 4) is 0 Å².